The van der Waals surface area contributed by atoms with Crippen LogP contribution in [-0.2, 0) is 0 Å². The number of hydrogen-bond donors (Lipinski definition) is 3. The van der Waals surface area contributed by atoms with Crippen LogP contribution < -0.4 is 0 Å². The van der Waals surface area contributed by atoms with Crippen molar-refractivity contribution in [3.63, 3.8) is 0 Å². The highest BCUT2D eigenvalue weighted by atomic mass is 35.5. The third-order valence-electron chi connectivity index (χ3n) is 6.07. The van der Waals surface area contributed by atoms with E-state index in [1.807, 2.05) is 103 Å². The molecule has 0 fully saturated rings. The molecule has 46 heavy (non-hydrogen) atoms. The molecule has 0 heterocycles. The molecule has 0 unspecified atom stereocenters. The van der Waals surface area contributed by atoms with E-state index in [0.29, 0.717) is 11.1 Å². The van der Waals surface area contributed by atoms with Crippen molar-refractivity contribution in [2.24, 2.45) is 0 Å². The van der Waals surface area contributed by atoms with Crippen LogP contribution in [0.1, 0.15) is 33.8 Å². The fourth-order valence-electron chi connectivity index (χ4n) is 3.95. The zero-order valence-electron chi connectivity index (χ0n) is 26.5. The maximum Gasteiger partial charge on any atom is 0.336 e. The number of aromatic carboxylic acids is 3. The number of rotatable bonds is 5. The molecule has 0 aliphatic carbocycles. The summed E-state index contributed by atoms with van der Waals surface area (Å²) in [5, 5.41) is 27.4. The van der Waals surface area contributed by atoms with E-state index < -0.39 is 17.9 Å². The summed E-state index contributed by atoms with van der Waals surface area (Å²) in [5.41, 5.74) is 3.51. The lowest BCUT2D eigenvalue weighted by atomic mass is 10.00. The van der Waals surface area contributed by atoms with Crippen LogP contribution in [0.15, 0.2) is 170 Å². The van der Waals surface area contributed by atoms with E-state index in [0.717, 1.165) is 21.7 Å². The predicted molar refractivity (Wildman–Crippen MR) is 183 cm³/mol. The van der Waals surface area contributed by atoms with E-state index >= 15 is 0 Å². The van der Waals surface area contributed by atoms with Gasteiger partial charge in [0.15, 0.2) is 0 Å². The lowest BCUT2D eigenvalue weighted by Crippen LogP contribution is -1.98. The second-order valence-corrected chi connectivity index (χ2v) is 9.66. The fraction of sp³-hybridized carbons (Fsp3) is 0. The molecular weight excluding hydrogens is 600 g/mol. The van der Waals surface area contributed by atoms with Gasteiger partial charge in [-0.15, -0.1) is 0 Å². The van der Waals surface area contributed by atoms with Gasteiger partial charge >= 0.3 is 17.9 Å². The summed E-state index contributed by atoms with van der Waals surface area (Å²) in [6.07, 6.45) is 0. The van der Waals surface area contributed by atoms with Crippen LogP contribution in [0.2, 0.25) is 5.02 Å². The quantitative estimate of drug-likeness (QED) is 0.174. The first-order valence-corrected chi connectivity index (χ1v) is 14.2. The van der Waals surface area contributed by atoms with E-state index in [4.69, 9.17) is 29.7 Å². The van der Waals surface area contributed by atoms with Crippen LogP contribution in [0.5, 0.6) is 0 Å². The molecule has 6 aromatic carbocycles. The van der Waals surface area contributed by atoms with Crippen molar-refractivity contribution < 1.29 is 32.4 Å². The van der Waals surface area contributed by atoms with Crippen molar-refractivity contribution in [2.75, 3.05) is 0 Å². The van der Waals surface area contributed by atoms with Crippen molar-refractivity contribution in [1.82, 2.24) is 0 Å². The van der Waals surface area contributed by atoms with Gasteiger partial charge in [0.2, 0.25) is 0 Å². The molecular formula is C39H31ClO6. The Kier molecular flexibility index (Phi) is 12.7. The highest BCUT2D eigenvalue weighted by molar-refractivity contribution is 6.30. The van der Waals surface area contributed by atoms with Crippen LogP contribution >= 0.6 is 11.6 Å². The highest BCUT2D eigenvalue weighted by Crippen LogP contribution is 2.24. The lowest BCUT2D eigenvalue weighted by molar-refractivity contribution is 0.0686. The monoisotopic (exact) mass is 632 g/mol. The molecule has 230 valence electrons. The molecule has 0 saturated heterocycles. The Morgan fingerprint density at radius 1 is 0.435 bits per heavy atom. The average molecular weight is 633 g/mol. The first kappa shape index (κ1) is 31.4. The third kappa shape index (κ3) is 11.3. The van der Waals surface area contributed by atoms with E-state index in [2.05, 4.69) is 0 Å². The topological polar surface area (TPSA) is 112 Å². The van der Waals surface area contributed by atoms with Gasteiger partial charge in [0.1, 0.15) is 0 Å². The van der Waals surface area contributed by atoms with E-state index in [1.54, 1.807) is 36.4 Å². The molecule has 7 heteroatoms. The van der Waals surface area contributed by atoms with Crippen LogP contribution in [0, 0.1) is 0 Å². The average Bonchev–Trinajstić information content (AvgIpc) is 3.10. The summed E-state index contributed by atoms with van der Waals surface area (Å²) >= 11 is 5.54. The SMILES string of the molecule is Clc1ccccc1.O=C(O)c1ccccc1-c1ccccc1.[2H]c1cccc(-c2ccccc2)c1C(=O)O.[2H]c1ccccc1C(=O)O. The van der Waals surface area contributed by atoms with E-state index in [1.165, 1.54) is 18.2 Å². The van der Waals surface area contributed by atoms with Crippen molar-refractivity contribution in [3.8, 4) is 22.3 Å². The maximum atomic E-state index is 11.1. The number of benzene rings is 6. The Balaban J connectivity index is 0.000000181. The normalized spacial score (nSPS) is 10.1. The summed E-state index contributed by atoms with van der Waals surface area (Å²) < 4.78 is 14.7. The Hall–Kier alpha value is -5.98. The summed E-state index contributed by atoms with van der Waals surface area (Å²) in [7, 11) is 0. The summed E-state index contributed by atoms with van der Waals surface area (Å²) in [5.74, 6) is -3.01. The Morgan fingerprint density at radius 3 is 1.26 bits per heavy atom. The third-order valence-corrected chi connectivity index (χ3v) is 6.32. The van der Waals surface area contributed by atoms with Gasteiger partial charge in [0.25, 0.3) is 0 Å². The second-order valence-electron chi connectivity index (χ2n) is 9.22. The number of carboxylic acid groups (broad SMARTS) is 3. The van der Waals surface area contributed by atoms with Crippen LogP contribution in [0.3, 0.4) is 0 Å². The molecule has 0 bridgehead atoms. The van der Waals surface area contributed by atoms with Crippen LogP contribution in [0.25, 0.3) is 22.3 Å². The molecule has 0 amide bonds. The summed E-state index contributed by atoms with van der Waals surface area (Å²) in [6.45, 7) is 0. The molecule has 0 spiro atoms. The minimum Gasteiger partial charge on any atom is -0.478 e. The summed E-state index contributed by atoms with van der Waals surface area (Å²) in [6, 6.07) is 46.3. The zero-order chi connectivity index (χ0) is 34.9. The molecule has 6 nitrogen and oxygen atoms in total. The van der Waals surface area contributed by atoms with Gasteiger partial charge in [-0.2, -0.15) is 0 Å². The Bertz CT molecular complexity index is 1940. The molecule has 0 aliphatic rings. The van der Waals surface area contributed by atoms with E-state index in [9.17, 15) is 14.4 Å². The molecule has 6 rings (SSSR count). The molecule has 0 atom stereocenters. The second kappa shape index (κ2) is 18.6. The van der Waals surface area contributed by atoms with Gasteiger partial charge in [0, 0.05) is 5.02 Å². The fourth-order valence-corrected chi connectivity index (χ4v) is 4.10. The van der Waals surface area contributed by atoms with E-state index in [-0.39, 0.29) is 23.2 Å². The summed E-state index contributed by atoms with van der Waals surface area (Å²) in [4.78, 5) is 32.4. The molecule has 3 N–H and O–H groups in total. The maximum absolute atomic E-state index is 11.1. The van der Waals surface area contributed by atoms with Crippen LogP contribution in [-0.4, -0.2) is 33.2 Å². The predicted octanol–water partition coefficient (Wildman–Crippen LogP) is 9.83. The first-order chi connectivity index (χ1) is 23.1. The van der Waals surface area contributed by atoms with Crippen LogP contribution in [0.4, 0.5) is 0 Å². The molecule has 6 aromatic rings. The standard InChI is InChI=1S/2C13H10O2.C7H6O2.C6H5Cl/c2*14-13(15)12-9-5-4-8-11(12)10-6-2-1-3-7-10;8-7(9)6-4-2-1-3-5-6;7-6-4-2-1-3-5-6/h2*1-9H,(H,14,15);1-5H,(H,8,9);1-5H/i9D;;4D;. The number of hydrogen-bond acceptors (Lipinski definition) is 3. The van der Waals surface area contributed by atoms with Gasteiger partial charge in [-0.25, -0.2) is 14.4 Å². The number of carbonyl (C=O) groups is 3. The van der Waals surface area contributed by atoms with Gasteiger partial charge in [-0.3, -0.25) is 0 Å². The highest BCUT2D eigenvalue weighted by Gasteiger charge is 2.10. The minimum absolute atomic E-state index is 0.0360. The number of halogens is 1. The molecule has 0 aromatic heterocycles. The molecule has 0 saturated carbocycles. The number of carboxylic acids is 3. The lowest BCUT2D eigenvalue weighted by Gasteiger charge is -2.05. The zero-order valence-corrected chi connectivity index (χ0v) is 25.2. The van der Waals surface area contributed by atoms with Gasteiger partial charge in [0.05, 0.1) is 19.4 Å². The molecule has 0 aliphatic heterocycles. The van der Waals surface area contributed by atoms with Crippen molar-refractivity contribution in [1.29, 1.82) is 0 Å². The van der Waals surface area contributed by atoms with Crippen molar-refractivity contribution in [2.45, 2.75) is 0 Å². The first-order valence-electron chi connectivity index (χ1n) is 14.9. The van der Waals surface area contributed by atoms with Gasteiger partial charge in [-0.1, -0.05) is 145 Å². The largest absolute Gasteiger partial charge is 0.478 e. The minimum atomic E-state index is -1.07. The molecule has 0 radical (unpaired) electrons. The van der Waals surface area contributed by atoms with Crippen molar-refractivity contribution >= 4 is 29.5 Å². The Morgan fingerprint density at radius 2 is 0.826 bits per heavy atom. The van der Waals surface area contributed by atoms with Gasteiger partial charge < -0.3 is 15.3 Å². The van der Waals surface area contributed by atoms with Crippen molar-refractivity contribution in [3.05, 3.63) is 192 Å². The Labute approximate surface area is 275 Å². The van der Waals surface area contributed by atoms with Gasteiger partial charge in [-0.05, 0) is 58.6 Å². The smallest absolute Gasteiger partial charge is 0.336 e.